The van der Waals surface area contributed by atoms with Crippen molar-refractivity contribution in [3.63, 3.8) is 0 Å². The summed E-state index contributed by atoms with van der Waals surface area (Å²) in [7, 11) is 0. The predicted molar refractivity (Wildman–Crippen MR) is 83.9 cm³/mol. The minimum absolute atomic E-state index is 0.188. The number of nitrogens with two attached hydrogens (primary N) is 1. The first-order chi connectivity index (χ1) is 10.1. The van der Waals surface area contributed by atoms with E-state index in [1.165, 1.54) is 17.7 Å². The Morgan fingerprint density at radius 1 is 1.05 bits per heavy atom. The molecule has 2 N–H and O–H groups in total. The second-order valence-electron chi connectivity index (χ2n) is 5.29. The smallest absolute Gasteiger partial charge is 0.123 e. The van der Waals surface area contributed by atoms with Crippen LogP contribution in [-0.4, -0.2) is 6.10 Å². The second kappa shape index (κ2) is 7.23. The van der Waals surface area contributed by atoms with E-state index in [4.69, 9.17) is 10.5 Å². The average Bonchev–Trinajstić information content (AvgIpc) is 2.49. The van der Waals surface area contributed by atoms with Crippen LogP contribution in [0.15, 0.2) is 48.5 Å². The van der Waals surface area contributed by atoms with Crippen molar-refractivity contribution in [1.82, 2.24) is 0 Å². The maximum absolute atomic E-state index is 12.9. The molecule has 0 radical (unpaired) electrons. The van der Waals surface area contributed by atoms with Crippen molar-refractivity contribution in [2.24, 2.45) is 5.73 Å². The Labute approximate surface area is 125 Å². The zero-order valence-electron chi connectivity index (χ0n) is 12.6. The second-order valence-corrected chi connectivity index (χ2v) is 5.29. The summed E-state index contributed by atoms with van der Waals surface area (Å²) in [6, 6.07) is 14.0. The Hall–Kier alpha value is -1.87. The molecule has 0 spiro atoms. The molecule has 0 amide bonds. The van der Waals surface area contributed by atoms with E-state index in [1.54, 1.807) is 12.1 Å². The summed E-state index contributed by atoms with van der Waals surface area (Å²) in [5.41, 5.74) is 8.34. The molecule has 0 aromatic heterocycles. The lowest BCUT2D eigenvalue weighted by Gasteiger charge is -2.22. The Morgan fingerprint density at radius 2 is 1.67 bits per heavy atom. The molecule has 0 bridgehead atoms. The molecule has 0 aliphatic carbocycles. The van der Waals surface area contributed by atoms with Gasteiger partial charge in [0.2, 0.25) is 0 Å². The molecule has 21 heavy (non-hydrogen) atoms. The first kappa shape index (κ1) is 15.5. The number of halogens is 1. The van der Waals surface area contributed by atoms with Gasteiger partial charge in [-0.05, 0) is 48.7 Å². The Balaban J connectivity index is 1.99. The van der Waals surface area contributed by atoms with Crippen LogP contribution in [0, 0.1) is 5.82 Å². The van der Waals surface area contributed by atoms with Crippen molar-refractivity contribution in [2.45, 2.75) is 38.8 Å². The maximum atomic E-state index is 12.9. The molecule has 0 saturated heterocycles. The normalized spacial score (nSPS) is 13.7. The van der Waals surface area contributed by atoms with Crippen LogP contribution >= 0.6 is 0 Å². The lowest BCUT2D eigenvalue weighted by molar-refractivity contribution is 0.190. The van der Waals surface area contributed by atoms with E-state index in [9.17, 15) is 4.39 Å². The maximum Gasteiger partial charge on any atom is 0.123 e. The standard InChI is InChI=1S/C18H22FNO/c1-3-4-14-5-11-17(12-6-14)21-13(2)18(20)15-7-9-16(19)10-8-15/h5-13,18H,3-4,20H2,1-2H3. The first-order valence-corrected chi connectivity index (χ1v) is 7.36. The highest BCUT2D eigenvalue weighted by Gasteiger charge is 2.16. The molecule has 2 aromatic carbocycles. The van der Waals surface area contributed by atoms with Gasteiger partial charge in [-0.2, -0.15) is 0 Å². The van der Waals surface area contributed by atoms with Gasteiger partial charge in [-0.25, -0.2) is 4.39 Å². The topological polar surface area (TPSA) is 35.2 Å². The highest BCUT2D eigenvalue weighted by Crippen LogP contribution is 2.21. The van der Waals surface area contributed by atoms with E-state index in [1.807, 2.05) is 19.1 Å². The highest BCUT2D eigenvalue weighted by molar-refractivity contribution is 5.28. The molecular weight excluding hydrogens is 265 g/mol. The van der Waals surface area contributed by atoms with Crippen LogP contribution in [0.4, 0.5) is 4.39 Å². The van der Waals surface area contributed by atoms with E-state index < -0.39 is 0 Å². The van der Waals surface area contributed by atoms with Gasteiger partial charge >= 0.3 is 0 Å². The van der Waals surface area contributed by atoms with Gasteiger partial charge in [0.15, 0.2) is 0 Å². The zero-order chi connectivity index (χ0) is 15.2. The van der Waals surface area contributed by atoms with Crippen LogP contribution in [0.5, 0.6) is 5.75 Å². The molecule has 0 aliphatic heterocycles. The van der Waals surface area contributed by atoms with Gasteiger partial charge in [-0.1, -0.05) is 37.6 Å². The van der Waals surface area contributed by atoms with Gasteiger partial charge in [-0.15, -0.1) is 0 Å². The number of ether oxygens (including phenoxy) is 1. The lowest BCUT2D eigenvalue weighted by atomic mass is 10.0. The highest BCUT2D eigenvalue weighted by atomic mass is 19.1. The molecule has 2 nitrogen and oxygen atoms in total. The third-order valence-corrected chi connectivity index (χ3v) is 3.54. The van der Waals surface area contributed by atoms with E-state index in [0.717, 1.165) is 24.2 Å². The summed E-state index contributed by atoms with van der Waals surface area (Å²) in [5.74, 6) is 0.547. The van der Waals surface area contributed by atoms with Crippen molar-refractivity contribution in [3.8, 4) is 5.75 Å². The molecular formula is C18H22FNO. The van der Waals surface area contributed by atoms with Gasteiger partial charge < -0.3 is 10.5 Å². The van der Waals surface area contributed by atoms with Crippen LogP contribution in [0.25, 0.3) is 0 Å². The fourth-order valence-electron chi connectivity index (χ4n) is 2.27. The minimum Gasteiger partial charge on any atom is -0.489 e. The van der Waals surface area contributed by atoms with Gasteiger partial charge in [0, 0.05) is 0 Å². The molecule has 3 heteroatoms. The molecule has 0 fully saturated rings. The number of benzene rings is 2. The number of rotatable bonds is 6. The molecule has 2 aromatic rings. The quantitative estimate of drug-likeness (QED) is 0.862. The molecule has 2 rings (SSSR count). The summed E-state index contributed by atoms with van der Waals surface area (Å²) < 4.78 is 18.8. The third kappa shape index (κ3) is 4.30. The summed E-state index contributed by atoms with van der Waals surface area (Å²) in [5, 5.41) is 0. The van der Waals surface area contributed by atoms with Crippen LogP contribution in [0.1, 0.15) is 37.4 Å². The van der Waals surface area contributed by atoms with Crippen LogP contribution in [0.3, 0.4) is 0 Å². The average molecular weight is 287 g/mol. The van der Waals surface area contributed by atoms with Crippen molar-refractivity contribution in [2.75, 3.05) is 0 Å². The molecule has 2 unspecified atom stereocenters. The molecule has 112 valence electrons. The largest absolute Gasteiger partial charge is 0.489 e. The van der Waals surface area contributed by atoms with Gasteiger partial charge in [0.25, 0.3) is 0 Å². The van der Waals surface area contributed by atoms with Crippen molar-refractivity contribution in [3.05, 3.63) is 65.5 Å². The number of hydrogen-bond acceptors (Lipinski definition) is 2. The molecule has 2 atom stereocenters. The predicted octanol–water partition coefficient (Wildman–Crippen LogP) is 4.25. The number of aryl methyl sites for hydroxylation is 1. The SMILES string of the molecule is CCCc1ccc(OC(C)C(N)c2ccc(F)cc2)cc1. The summed E-state index contributed by atoms with van der Waals surface area (Å²) in [6.07, 6.45) is 2.02. The third-order valence-electron chi connectivity index (χ3n) is 3.54. The number of hydrogen-bond donors (Lipinski definition) is 1. The Kier molecular flexibility index (Phi) is 5.34. The minimum atomic E-state index is -0.291. The van der Waals surface area contributed by atoms with Crippen molar-refractivity contribution < 1.29 is 9.13 Å². The van der Waals surface area contributed by atoms with Crippen LogP contribution < -0.4 is 10.5 Å². The van der Waals surface area contributed by atoms with Gasteiger partial charge in [0.05, 0.1) is 6.04 Å². The van der Waals surface area contributed by atoms with E-state index in [0.29, 0.717) is 0 Å². The van der Waals surface area contributed by atoms with Crippen LogP contribution in [-0.2, 0) is 6.42 Å². The Bertz CT molecular complexity index is 550. The monoisotopic (exact) mass is 287 g/mol. The lowest BCUT2D eigenvalue weighted by Crippen LogP contribution is -2.28. The van der Waals surface area contributed by atoms with Crippen molar-refractivity contribution >= 4 is 0 Å². The summed E-state index contributed by atoms with van der Waals surface area (Å²) >= 11 is 0. The molecule has 0 aliphatic rings. The molecule has 0 heterocycles. The fourth-order valence-corrected chi connectivity index (χ4v) is 2.27. The van der Waals surface area contributed by atoms with E-state index in [2.05, 4.69) is 19.1 Å². The van der Waals surface area contributed by atoms with Crippen molar-refractivity contribution in [1.29, 1.82) is 0 Å². The molecule has 0 saturated carbocycles. The van der Waals surface area contributed by atoms with Gasteiger partial charge in [-0.3, -0.25) is 0 Å². The van der Waals surface area contributed by atoms with Gasteiger partial charge in [0.1, 0.15) is 17.7 Å². The zero-order valence-corrected chi connectivity index (χ0v) is 12.6. The van der Waals surface area contributed by atoms with E-state index >= 15 is 0 Å². The summed E-state index contributed by atoms with van der Waals surface area (Å²) in [6.45, 7) is 4.09. The van der Waals surface area contributed by atoms with E-state index in [-0.39, 0.29) is 18.0 Å². The van der Waals surface area contributed by atoms with Crippen LogP contribution in [0.2, 0.25) is 0 Å². The fraction of sp³-hybridized carbons (Fsp3) is 0.333. The Morgan fingerprint density at radius 3 is 2.24 bits per heavy atom. The first-order valence-electron chi connectivity index (χ1n) is 7.36. The summed E-state index contributed by atoms with van der Waals surface area (Å²) in [4.78, 5) is 0.